The van der Waals surface area contributed by atoms with Gasteiger partial charge in [-0.15, -0.1) is 0 Å². The molecule has 2 aliphatic rings. The van der Waals surface area contributed by atoms with Gasteiger partial charge in [0.25, 0.3) is 0 Å². The zero-order chi connectivity index (χ0) is 13.3. The van der Waals surface area contributed by atoms with E-state index in [4.69, 9.17) is 0 Å². The molecule has 0 aromatic heterocycles. The molecule has 19 heavy (non-hydrogen) atoms. The molecule has 1 unspecified atom stereocenters. The molecule has 1 saturated heterocycles. The van der Waals surface area contributed by atoms with Crippen molar-refractivity contribution in [2.45, 2.75) is 49.3 Å². The lowest BCUT2D eigenvalue weighted by atomic mass is 9.76. The molecule has 1 heterocycles. The Hall–Kier alpha value is -0.540. The Labute approximate surface area is 119 Å². The summed E-state index contributed by atoms with van der Waals surface area (Å²) < 4.78 is 13.3. The minimum Gasteiger partial charge on any atom is -0.313 e. The van der Waals surface area contributed by atoms with E-state index in [0.717, 1.165) is 6.54 Å². The second-order valence-corrected chi connectivity index (χ2v) is 7.88. The quantitative estimate of drug-likeness (QED) is 0.895. The van der Waals surface area contributed by atoms with Crippen molar-refractivity contribution in [1.82, 2.24) is 5.32 Å². The number of benzene rings is 1. The van der Waals surface area contributed by atoms with Gasteiger partial charge in [0.2, 0.25) is 0 Å². The van der Waals surface area contributed by atoms with Gasteiger partial charge in [0.05, 0.1) is 0 Å². The van der Waals surface area contributed by atoms with Gasteiger partial charge in [0.1, 0.15) is 5.82 Å². The van der Waals surface area contributed by atoms with Crippen LogP contribution in [0.1, 0.15) is 44.1 Å². The molecule has 0 amide bonds. The summed E-state index contributed by atoms with van der Waals surface area (Å²) in [5.74, 6) is 1.81. The van der Waals surface area contributed by atoms with Crippen molar-refractivity contribution >= 4 is 11.8 Å². The van der Waals surface area contributed by atoms with Crippen LogP contribution in [0.5, 0.6) is 0 Å². The number of hydrogen-bond donors (Lipinski definition) is 1. The van der Waals surface area contributed by atoms with E-state index in [-0.39, 0.29) is 5.82 Å². The molecule has 1 aromatic carbocycles. The molecular weight excluding hydrogens is 257 g/mol. The predicted octanol–water partition coefficient (Wildman–Crippen LogP) is 3.95. The van der Waals surface area contributed by atoms with Crippen LogP contribution in [0, 0.1) is 5.82 Å². The molecule has 0 radical (unpaired) electrons. The standard InChI is InChI=1S/C16H22FNS/c1-16(7-2-8-19-16)11-18-15-9-13(10-15)12-3-5-14(17)6-4-12/h3-6,13,15,18H,2,7-11H2,1H3. The highest BCUT2D eigenvalue weighted by Crippen LogP contribution is 2.40. The third-order valence-electron chi connectivity index (χ3n) is 4.54. The summed E-state index contributed by atoms with van der Waals surface area (Å²) in [5.41, 5.74) is 1.29. The van der Waals surface area contributed by atoms with Crippen LogP contribution in [0.25, 0.3) is 0 Å². The zero-order valence-corrected chi connectivity index (χ0v) is 12.3. The highest BCUT2D eigenvalue weighted by atomic mass is 32.2. The topological polar surface area (TPSA) is 12.0 Å². The van der Waals surface area contributed by atoms with Gasteiger partial charge in [-0.1, -0.05) is 12.1 Å². The van der Waals surface area contributed by atoms with Crippen molar-refractivity contribution in [3.05, 3.63) is 35.6 Å². The van der Waals surface area contributed by atoms with Crippen LogP contribution in [-0.2, 0) is 0 Å². The molecule has 104 valence electrons. The molecule has 3 rings (SSSR count). The Balaban J connectivity index is 1.44. The SMILES string of the molecule is CC1(CNC2CC(c3ccc(F)cc3)C2)CCCS1. The average Bonchev–Trinajstić information content (AvgIpc) is 2.77. The first-order valence-corrected chi connectivity index (χ1v) is 8.26. The Morgan fingerprint density at radius 1 is 1.32 bits per heavy atom. The molecule has 1 atom stereocenters. The molecule has 1 aromatic rings. The van der Waals surface area contributed by atoms with Crippen molar-refractivity contribution in [2.24, 2.45) is 0 Å². The number of rotatable bonds is 4. The molecule has 1 saturated carbocycles. The first-order valence-electron chi connectivity index (χ1n) is 7.27. The number of nitrogens with one attached hydrogen (secondary N) is 1. The fourth-order valence-corrected chi connectivity index (χ4v) is 4.38. The third kappa shape index (κ3) is 3.14. The van der Waals surface area contributed by atoms with Gasteiger partial charge in [-0.05, 0) is 62.0 Å². The summed E-state index contributed by atoms with van der Waals surface area (Å²) in [7, 11) is 0. The summed E-state index contributed by atoms with van der Waals surface area (Å²) in [5, 5.41) is 3.72. The van der Waals surface area contributed by atoms with Gasteiger partial charge >= 0.3 is 0 Å². The molecule has 0 spiro atoms. The summed E-state index contributed by atoms with van der Waals surface area (Å²) in [4.78, 5) is 0. The maximum atomic E-state index is 12.9. The Morgan fingerprint density at radius 2 is 2.05 bits per heavy atom. The van der Waals surface area contributed by atoms with Crippen molar-refractivity contribution < 1.29 is 4.39 Å². The van der Waals surface area contributed by atoms with E-state index >= 15 is 0 Å². The van der Waals surface area contributed by atoms with E-state index in [1.54, 1.807) is 12.1 Å². The smallest absolute Gasteiger partial charge is 0.123 e. The monoisotopic (exact) mass is 279 g/mol. The second-order valence-electron chi connectivity index (χ2n) is 6.20. The van der Waals surface area contributed by atoms with Crippen molar-refractivity contribution in [3.63, 3.8) is 0 Å². The van der Waals surface area contributed by atoms with E-state index in [1.807, 2.05) is 12.1 Å². The van der Waals surface area contributed by atoms with Gasteiger partial charge in [-0.2, -0.15) is 11.8 Å². The van der Waals surface area contributed by atoms with Gasteiger partial charge in [-0.25, -0.2) is 4.39 Å². The normalized spacial score (nSPS) is 34.2. The van der Waals surface area contributed by atoms with Crippen LogP contribution in [0.2, 0.25) is 0 Å². The Kier molecular flexibility index (Phi) is 3.86. The summed E-state index contributed by atoms with van der Waals surface area (Å²) in [6.07, 6.45) is 5.11. The predicted molar refractivity (Wildman–Crippen MR) is 80.3 cm³/mol. The summed E-state index contributed by atoms with van der Waals surface area (Å²) in [6.45, 7) is 3.52. The average molecular weight is 279 g/mol. The van der Waals surface area contributed by atoms with Crippen molar-refractivity contribution in [3.8, 4) is 0 Å². The highest BCUT2D eigenvalue weighted by molar-refractivity contribution is 8.00. The minimum absolute atomic E-state index is 0.135. The van der Waals surface area contributed by atoms with Crippen molar-refractivity contribution in [1.29, 1.82) is 0 Å². The first-order chi connectivity index (χ1) is 9.15. The van der Waals surface area contributed by atoms with Gasteiger partial charge < -0.3 is 5.32 Å². The molecule has 2 fully saturated rings. The third-order valence-corrected chi connectivity index (χ3v) is 6.08. The van der Waals surface area contributed by atoms with Crippen LogP contribution >= 0.6 is 11.8 Å². The molecule has 1 aliphatic heterocycles. The van der Waals surface area contributed by atoms with E-state index in [1.165, 1.54) is 37.0 Å². The van der Waals surface area contributed by atoms with Crippen LogP contribution in [-0.4, -0.2) is 23.1 Å². The van der Waals surface area contributed by atoms with E-state index < -0.39 is 0 Å². The van der Waals surface area contributed by atoms with E-state index in [2.05, 4.69) is 24.0 Å². The Morgan fingerprint density at radius 3 is 2.68 bits per heavy atom. The van der Waals surface area contributed by atoms with Crippen LogP contribution in [0.15, 0.2) is 24.3 Å². The molecule has 1 aliphatic carbocycles. The van der Waals surface area contributed by atoms with E-state index in [9.17, 15) is 4.39 Å². The van der Waals surface area contributed by atoms with Gasteiger partial charge in [-0.3, -0.25) is 0 Å². The molecule has 1 N–H and O–H groups in total. The van der Waals surface area contributed by atoms with Crippen LogP contribution in [0.4, 0.5) is 4.39 Å². The molecule has 1 nitrogen and oxygen atoms in total. The van der Waals surface area contributed by atoms with Crippen LogP contribution < -0.4 is 5.32 Å². The number of thioether (sulfide) groups is 1. The number of hydrogen-bond acceptors (Lipinski definition) is 2. The van der Waals surface area contributed by atoms with Gasteiger partial charge in [0, 0.05) is 17.3 Å². The van der Waals surface area contributed by atoms with Crippen LogP contribution in [0.3, 0.4) is 0 Å². The maximum absolute atomic E-state index is 12.9. The highest BCUT2D eigenvalue weighted by Gasteiger charge is 2.34. The summed E-state index contributed by atoms with van der Waals surface area (Å²) in [6, 6.07) is 7.68. The largest absolute Gasteiger partial charge is 0.313 e. The lowest BCUT2D eigenvalue weighted by Gasteiger charge is -2.38. The molecule has 3 heteroatoms. The van der Waals surface area contributed by atoms with E-state index in [0.29, 0.717) is 16.7 Å². The Bertz CT molecular complexity index is 419. The fraction of sp³-hybridized carbons (Fsp3) is 0.625. The maximum Gasteiger partial charge on any atom is 0.123 e. The minimum atomic E-state index is -0.135. The van der Waals surface area contributed by atoms with Crippen molar-refractivity contribution in [2.75, 3.05) is 12.3 Å². The number of halogens is 1. The molecule has 0 bridgehead atoms. The lowest BCUT2D eigenvalue weighted by molar-refractivity contribution is 0.283. The second kappa shape index (κ2) is 5.45. The lowest BCUT2D eigenvalue weighted by Crippen LogP contribution is -2.45. The summed E-state index contributed by atoms with van der Waals surface area (Å²) >= 11 is 2.12. The van der Waals surface area contributed by atoms with Gasteiger partial charge in [0.15, 0.2) is 0 Å². The molecular formula is C16H22FNS. The first kappa shape index (κ1) is 13.4. The fourth-order valence-electron chi connectivity index (χ4n) is 3.13. The zero-order valence-electron chi connectivity index (χ0n) is 11.5.